The normalized spacial score (nSPS) is 11.1. The van der Waals surface area contributed by atoms with Gasteiger partial charge < -0.3 is 14.2 Å². The maximum absolute atomic E-state index is 11.8. The highest BCUT2D eigenvalue weighted by molar-refractivity contribution is 7.92. The largest absolute Gasteiger partial charge is 0.465 e. The van der Waals surface area contributed by atoms with Crippen molar-refractivity contribution in [2.45, 2.75) is 0 Å². The summed E-state index contributed by atoms with van der Waals surface area (Å²) < 4.78 is 40.4. The van der Waals surface area contributed by atoms with Crippen molar-refractivity contribution in [2.75, 3.05) is 44.5 Å². The number of methoxy groups -OCH3 is 2. The highest BCUT2D eigenvalue weighted by Gasteiger charge is 2.11. The van der Waals surface area contributed by atoms with Crippen LogP contribution in [-0.2, 0) is 24.2 Å². The summed E-state index contributed by atoms with van der Waals surface area (Å²) in [6.45, 7) is 0.848. The van der Waals surface area contributed by atoms with Crippen LogP contribution in [0.2, 0.25) is 0 Å². The molecule has 118 valence electrons. The van der Waals surface area contributed by atoms with Crippen LogP contribution in [0.15, 0.2) is 24.3 Å². The molecule has 0 amide bonds. The fourth-order valence-corrected chi connectivity index (χ4v) is 2.37. The van der Waals surface area contributed by atoms with E-state index in [-0.39, 0.29) is 12.4 Å². The van der Waals surface area contributed by atoms with Gasteiger partial charge in [0, 0.05) is 12.8 Å². The van der Waals surface area contributed by atoms with E-state index in [4.69, 9.17) is 9.47 Å². The monoisotopic (exact) mass is 317 g/mol. The number of carbonyl (C=O) groups excluding carboxylic acids is 1. The molecule has 0 aromatic heterocycles. The van der Waals surface area contributed by atoms with Crippen molar-refractivity contribution >= 4 is 21.7 Å². The van der Waals surface area contributed by atoms with Gasteiger partial charge in [0.05, 0.1) is 38.2 Å². The SMILES string of the molecule is COCCOCCS(=O)(=O)Nc1ccc(C(=O)OC)cc1. The number of sulfonamides is 1. The molecule has 7 nitrogen and oxygen atoms in total. The quantitative estimate of drug-likeness (QED) is 0.537. The highest BCUT2D eigenvalue weighted by Crippen LogP contribution is 2.12. The van der Waals surface area contributed by atoms with Crippen molar-refractivity contribution in [3.63, 3.8) is 0 Å². The highest BCUT2D eigenvalue weighted by atomic mass is 32.2. The molecule has 0 bridgehead atoms. The van der Waals surface area contributed by atoms with Crippen LogP contribution < -0.4 is 4.72 Å². The van der Waals surface area contributed by atoms with Crippen LogP contribution in [0.5, 0.6) is 0 Å². The minimum Gasteiger partial charge on any atom is -0.465 e. The lowest BCUT2D eigenvalue weighted by Gasteiger charge is -2.09. The second-order valence-corrected chi connectivity index (χ2v) is 5.94. The molecule has 1 aromatic rings. The molecule has 1 rings (SSSR count). The summed E-state index contributed by atoms with van der Waals surface area (Å²) >= 11 is 0. The second-order valence-electron chi connectivity index (χ2n) is 4.10. The molecule has 0 saturated heterocycles. The summed E-state index contributed by atoms with van der Waals surface area (Å²) in [6, 6.07) is 5.96. The third kappa shape index (κ3) is 6.56. The maximum Gasteiger partial charge on any atom is 0.337 e. The number of ether oxygens (including phenoxy) is 3. The predicted octanol–water partition coefficient (Wildman–Crippen LogP) is 0.878. The molecule has 1 N–H and O–H groups in total. The summed E-state index contributed by atoms with van der Waals surface area (Å²) in [5.74, 6) is -0.633. The molecule has 1 aromatic carbocycles. The zero-order chi connectivity index (χ0) is 15.7. The second kappa shape index (κ2) is 8.60. The van der Waals surface area contributed by atoms with Crippen molar-refractivity contribution < 1.29 is 27.4 Å². The third-order valence-corrected chi connectivity index (χ3v) is 3.76. The number of carbonyl (C=O) groups is 1. The first-order valence-corrected chi connectivity index (χ1v) is 7.89. The summed E-state index contributed by atoms with van der Waals surface area (Å²) in [7, 11) is -0.671. The molecule has 0 atom stereocenters. The van der Waals surface area contributed by atoms with Gasteiger partial charge in [-0.2, -0.15) is 0 Å². The summed E-state index contributed by atoms with van der Waals surface area (Å²) in [4.78, 5) is 11.2. The minimum absolute atomic E-state index is 0.0823. The van der Waals surface area contributed by atoms with Crippen LogP contribution in [0.1, 0.15) is 10.4 Å². The fourth-order valence-electron chi connectivity index (χ4n) is 1.44. The van der Waals surface area contributed by atoms with Gasteiger partial charge in [0.15, 0.2) is 0 Å². The zero-order valence-corrected chi connectivity index (χ0v) is 12.8. The van der Waals surface area contributed by atoms with E-state index >= 15 is 0 Å². The van der Waals surface area contributed by atoms with Crippen molar-refractivity contribution in [3.05, 3.63) is 29.8 Å². The number of anilines is 1. The Balaban J connectivity index is 2.49. The number of benzene rings is 1. The molecule has 8 heteroatoms. The lowest BCUT2D eigenvalue weighted by molar-refractivity contribution is 0.0601. The number of hydrogen-bond donors (Lipinski definition) is 1. The Morgan fingerprint density at radius 1 is 1.10 bits per heavy atom. The lowest BCUT2D eigenvalue weighted by atomic mass is 10.2. The first-order valence-electron chi connectivity index (χ1n) is 6.24. The van der Waals surface area contributed by atoms with Gasteiger partial charge in [0.2, 0.25) is 10.0 Å². The van der Waals surface area contributed by atoms with Crippen LogP contribution in [0.25, 0.3) is 0 Å². The van der Waals surface area contributed by atoms with Gasteiger partial charge in [-0.25, -0.2) is 13.2 Å². The van der Waals surface area contributed by atoms with Crippen molar-refractivity contribution in [1.29, 1.82) is 0 Å². The molecular weight excluding hydrogens is 298 g/mol. The van der Waals surface area contributed by atoms with E-state index in [1.165, 1.54) is 31.4 Å². The van der Waals surface area contributed by atoms with Crippen molar-refractivity contribution in [3.8, 4) is 0 Å². The van der Waals surface area contributed by atoms with Crippen LogP contribution in [0, 0.1) is 0 Å². The average Bonchev–Trinajstić information content (AvgIpc) is 2.46. The molecule has 0 aliphatic carbocycles. The van der Waals surface area contributed by atoms with E-state index in [0.29, 0.717) is 24.5 Å². The Morgan fingerprint density at radius 2 is 1.76 bits per heavy atom. The van der Waals surface area contributed by atoms with E-state index in [1.54, 1.807) is 7.11 Å². The van der Waals surface area contributed by atoms with Crippen molar-refractivity contribution in [2.24, 2.45) is 0 Å². The molecule has 0 radical (unpaired) electrons. The van der Waals surface area contributed by atoms with E-state index < -0.39 is 16.0 Å². The topological polar surface area (TPSA) is 90.9 Å². The standard InChI is InChI=1S/C13H19NO6S/c1-18-7-8-20-9-10-21(16,17)14-12-5-3-11(4-6-12)13(15)19-2/h3-6,14H,7-10H2,1-2H3. The Hall–Kier alpha value is -1.64. The minimum atomic E-state index is -3.49. The van der Waals surface area contributed by atoms with Crippen LogP contribution in [0.3, 0.4) is 0 Å². The first-order chi connectivity index (χ1) is 9.98. The number of nitrogens with one attached hydrogen (secondary N) is 1. The van der Waals surface area contributed by atoms with Gasteiger partial charge in [0.25, 0.3) is 0 Å². The van der Waals surface area contributed by atoms with Crippen LogP contribution >= 0.6 is 0 Å². The molecule has 0 heterocycles. The smallest absolute Gasteiger partial charge is 0.337 e. The van der Waals surface area contributed by atoms with Crippen LogP contribution in [0.4, 0.5) is 5.69 Å². The summed E-state index contributed by atoms with van der Waals surface area (Å²) in [6.07, 6.45) is 0. The van der Waals surface area contributed by atoms with E-state index in [2.05, 4.69) is 9.46 Å². The van der Waals surface area contributed by atoms with Crippen LogP contribution in [-0.4, -0.2) is 54.2 Å². The van der Waals surface area contributed by atoms with Gasteiger partial charge in [0.1, 0.15) is 0 Å². The molecule has 0 unspecified atom stereocenters. The van der Waals surface area contributed by atoms with Gasteiger partial charge in [-0.15, -0.1) is 0 Å². The number of esters is 1. The molecule has 0 aliphatic rings. The van der Waals surface area contributed by atoms with E-state index in [1.807, 2.05) is 0 Å². The Bertz CT molecular complexity index is 540. The molecular formula is C13H19NO6S. The Labute approximate surface area is 124 Å². The summed E-state index contributed by atoms with van der Waals surface area (Å²) in [5.41, 5.74) is 0.725. The number of rotatable bonds is 9. The van der Waals surface area contributed by atoms with Gasteiger partial charge in [-0.3, -0.25) is 4.72 Å². The number of hydrogen-bond acceptors (Lipinski definition) is 6. The lowest BCUT2D eigenvalue weighted by Crippen LogP contribution is -2.21. The molecule has 0 spiro atoms. The Kier molecular flexibility index (Phi) is 7.13. The summed E-state index contributed by atoms with van der Waals surface area (Å²) in [5, 5.41) is 0. The van der Waals surface area contributed by atoms with Gasteiger partial charge >= 0.3 is 5.97 Å². The average molecular weight is 317 g/mol. The molecule has 0 fully saturated rings. The fraction of sp³-hybridized carbons (Fsp3) is 0.462. The zero-order valence-electron chi connectivity index (χ0n) is 12.0. The maximum atomic E-state index is 11.8. The van der Waals surface area contributed by atoms with E-state index in [9.17, 15) is 13.2 Å². The molecule has 0 saturated carbocycles. The predicted molar refractivity (Wildman–Crippen MR) is 77.9 cm³/mol. The Morgan fingerprint density at radius 3 is 2.33 bits per heavy atom. The van der Waals surface area contributed by atoms with Gasteiger partial charge in [-0.1, -0.05) is 0 Å². The molecule has 21 heavy (non-hydrogen) atoms. The van der Waals surface area contributed by atoms with Gasteiger partial charge in [-0.05, 0) is 24.3 Å². The van der Waals surface area contributed by atoms with Crippen molar-refractivity contribution in [1.82, 2.24) is 0 Å². The third-order valence-electron chi connectivity index (χ3n) is 2.51. The van der Waals surface area contributed by atoms with E-state index in [0.717, 1.165) is 0 Å². The first kappa shape index (κ1) is 17.4. The molecule has 0 aliphatic heterocycles.